The van der Waals surface area contributed by atoms with Gasteiger partial charge in [-0.25, -0.2) is 0 Å². The Kier molecular flexibility index (Phi) is 6.46. The molecule has 1 atom stereocenters. The molecule has 1 rings (SSSR count). The zero-order chi connectivity index (χ0) is 15.2. The van der Waals surface area contributed by atoms with E-state index in [1.54, 1.807) is 0 Å². The standard InChI is InChI=1S/C16H32N2O2/c1-5-18-16(4,14(17)19)9-6-12-20-13-7-10-15(2,3)11-8-13/h13,18H,5-12H2,1-4H3,(H2,17,19). The molecule has 0 aromatic carbocycles. The lowest BCUT2D eigenvalue weighted by molar-refractivity contribution is -0.124. The second kappa shape index (κ2) is 7.41. The predicted octanol–water partition coefficient (Wildman–Crippen LogP) is 2.61. The first-order valence-corrected chi connectivity index (χ1v) is 7.95. The van der Waals surface area contributed by atoms with Crippen LogP contribution in [0.15, 0.2) is 0 Å². The van der Waals surface area contributed by atoms with Crippen LogP contribution < -0.4 is 11.1 Å². The first-order valence-electron chi connectivity index (χ1n) is 7.95. The van der Waals surface area contributed by atoms with Crippen LogP contribution in [0.2, 0.25) is 0 Å². The molecular weight excluding hydrogens is 252 g/mol. The number of carbonyl (C=O) groups is 1. The lowest BCUT2D eigenvalue weighted by Gasteiger charge is -2.34. The Bertz CT molecular complexity index is 308. The molecular formula is C16H32N2O2. The van der Waals surface area contributed by atoms with Crippen LogP contribution in [-0.2, 0) is 9.53 Å². The monoisotopic (exact) mass is 284 g/mol. The Morgan fingerprint density at radius 2 is 2.00 bits per heavy atom. The smallest absolute Gasteiger partial charge is 0.237 e. The maximum absolute atomic E-state index is 11.5. The number of likely N-dealkylation sites (N-methyl/N-ethyl adjacent to an activating group) is 1. The number of carbonyl (C=O) groups excluding carboxylic acids is 1. The summed E-state index contributed by atoms with van der Waals surface area (Å²) in [6.07, 6.45) is 6.81. The molecule has 1 saturated carbocycles. The Morgan fingerprint density at radius 1 is 1.40 bits per heavy atom. The van der Waals surface area contributed by atoms with Crippen LogP contribution in [0.4, 0.5) is 0 Å². The van der Waals surface area contributed by atoms with Crippen LogP contribution in [0.1, 0.15) is 66.2 Å². The van der Waals surface area contributed by atoms with E-state index in [9.17, 15) is 4.79 Å². The van der Waals surface area contributed by atoms with Crippen LogP contribution in [0.3, 0.4) is 0 Å². The molecule has 20 heavy (non-hydrogen) atoms. The van der Waals surface area contributed by atoms with Crippen molar-refractivity contribution in [2.45, 2.75) is 77.9 Å². The zero-order valence-corrected chi connectivity index (χ0v) is 13.6. The van der Waals surface area contributed by atoms with Gasteiger partial charge in [-0.2, -0.15) is 0 Å². The van der Waals surface area contributed by atoms with Crippen molar-refractivity contribution < 1.29 is 9.53 Å². The molecule has 0 radical (unpaired) electrons. The van der Waals surface area contributed by atoms with Gasteiger partial charge in [0.15, 0.2) is 0 Å². The highest BCUT2D eigenvalue weighted by molar-refractivity contribution is 5.84. The molecule has 1 fully saturated rings. The molecule has 0 aromatic heterocycles. The van der Waals surface area contributed by atoms with E-state index in [4.69, 9.17) is 10.5 Å². The third-order valence-corrected chi connectivity index (χ3v) is 4.57. The Morgan fingerprint density at radius 3 is 2.50 bits per heavy atom. The fourth-order valence-corrected chi connectivity index (χ4v) is 2.90. The summed E-state index contributed by atoms with van der Waals surface area (Å²) >= 11 is 0. The summed E-state index contributed by atoms with van der Waals surface area (Å²) < 4.78 is 5.95. The number of rotatable bonds is 8. The normalized spacial score (nSPS) is 22.4. The number of nitrogens with one attached hydrogen (secondary N) is 1. The van der Waals surface area contributed by atoms with E-state index in [1.165, 1.54) is 12.8 Å². The molecule has 0 aliphatic heterocycles. The molecule has 0 aromatic rings. The molecule has 1 aliphatic carbocycles. The first kappa shape index (κ1) is 17.4. The summed E-state index contributed by atoms with van der Waals surface area (Å²) in [5.41, 5.74) is 5.35. The maximum Gasteiger partial charge on any atom is 0.237 e. The van der Waals surface area contributed by atoms with Crippen molar-refractivity contribution >= 4 is 5.91 Å². The van der Waals surface area contributed by atoms with Gasteiger partial charge in [0.1, 0.15) is 0 Å². The minimum Gasteiger partial charge on any atom is -0.378 e. The number of amides is 1. The quantitative estimate of drug-likeness (QED) is 0.673. The number of hydrogen-bond acceptors (Lipinski definition) is 3. The number of ether oxygens (including phenoxy) is 1. The molecule has 1 amide bonds. The summed E-state index contributed by atoms with van der Waals surface area (Å²) in [5, 5.41) is 3.18. The summed E-state index contributed by atoms with van der Waals surface area (Å²) in [4.78, 5) is 11.5. The van der Waals surface area contributed by atoms with E-state index in [2.05, 4.69) is 19.2 Å². The summed E-state index contributed by atoms with van der Waals surface area (Å²) in [5.74, 6) is -0.279. The van der Waals surface area contributed by atoms with E-state index in [-0.39, 0.29) is 5.91 Å². The molecule has 4 nitrogen and oxygen atoms in total. The van der Waals surface area contributed by atoms with Crippen molar-refractivity contribution in [3.05, 3.63) is 0 Å². The summed E-state index contributed by atoms with van der Waals surface area (Å²) in [6, 6.07) is 0. The first-order chi connectivity index (χ1) is 9.29. The minimum atomic E-state index is -0.604. The lowest BCUT2D eigenvalue weighted by atomic mass is 9.76. The van der Waals surface area contributed by atoms with Gasteiger partial charge in [0, 0.05) is 6.61 Å². The molecule has 1 aliphatic rings. The average Bonchev–Trinajstić information content (AvgIpc) is 2.36. The van der Waals surface area contributed by atoms with Gasteiger partial charge in [0.05, 0.1) is 11.6 Å². The molecule has 4 heteroatoms. The van der Waals surface area contributed by atoms with E-state index in [0.717, 1.165) is 38.8 Å². The van der Waals surface area contributed by atoms with Crippen molar-refractivity contribution in [1.29, 1.82) is 0 Å². The van der Waals surface area contributed by atoms with Crippen LogP contribution in [0.25, 0.3) is 0 Å². The predicted molar refractivity (Wildman–Crippen MR) is 82.5 cm³/mol. The van der Waals surface area contributed by atoms with Gasteiger partial charge >= 0.3 is 0 Å². The number of primary amides is 1. The van der Waals surface area contributed by atoms with E-state index in [0.29, 0.717) is 11.5 Å². The van der Waals surface area contributed by atoms with Gasteiger partial charge in [-0.15, -0.1) is 0 Å². The SMILES string of the molecule is CCNC(C)(CCCOC1CCC(C)(C)CC1)C(N)=O. The molecule has 0 saturated heterocycles. The number of hydrogen-bond donors (Lipinski definition) is 2. The zero-order valence-electron chi connectivity index (χ0n) is 13.6. The van der Waals surface area contributed by atoms with E-state index in [1.807, 2.05) is 13.8 Å². The fourth-order valence-electron chi connectivity index (χ4n) is 2.90. The largest absolute Gasteiger partial charge is 0.378 e. The molecule has 0 bridgehead atoms. The van der Waals surface area contributed by atoms with Crippen LogP contribution >= 0.6 is 0 Å². The van der Waals surface area contributed by atoms with Gasteiger partial charge in [0.25, 0.3) is 0 Å². The Hall–Kier alpha value is -0.610. The Balaban J connectivity index is 2.23. The molecule has 0 spiro atoms. The lowest BCUT2D eigenvalue weighted by Crippen LogP contribution is -2.53. The minimum absolute atomic E-state index is 0.279. The molecule has 1 unspecified atom stereocenters. The summed E-state index contributed by atoms with van der Waals surface area (Å²) in [6.45, 7) is 10.00. The number of nitrogens with two attached hydrogens (primary N) is 1. The molecule has 0 heterocycles. The Labute approximate surface area is 123 Å². The highest BCUT2D eigenvalue weighted by atomic mass is 16.5. The van der Waals surface area contributed by atoms with Gasteiger partial charge in [0.2, 0.25) is 5.91 Å². The van der Waals surface area contributed by atoms with E-state index >= 15 is 0 Å². The average molecular weight is 284 g/mol. The van der Waals surface area contributed by atoms with Crippen molar-refractivity contribution in [2.75, 3.05) is 13.2 Å². The molecule has 3 N–H and O–H groups in total. The second-order valence-electron chi connectivity index (χ2n) is 7.06. The summed E-state index contributed by atoms with van der Waals surface area (Å²) in [7, 11) is 0. The van der Waals surface area contributed by atoms with E-state index < -0.39 is 5.54 Å². The third-order valence-electron chi connectivity index (χ3n) is 4.57. The van der Waals surface area contributed by atoms with Crippen molar-refractivity contribution in [3.8, 4) is 0 Å². The van der Waals surface area contributed by atoms with Gasteiger partial charge < -0.3 is 15.8 Å². The van der Waals surface area contributed by atoms with Gasteiger partial charge in [-0.1, -0.05) is 20.8 Å². The van der Waals surface area contributed by atoms with Gasteiger partial charge in [-0.05, 0) is 57.4 Å². The van der Waals surface area contributed by atoms with Crippen LogP contribution in [-0.4, -0.2) is 30.7 Å². The third kappa shape index (κ3) is 5.41. The van der Waals surface area contributed by atoms with Crippen molar-refractivity contribution in [2.24, 2.45) is 11.1 Å². The van der Waals surface area contributed by atoms with Crippen molar-refractivity contribution in [1.82, 2.24) is 5.32 Å². The topological polar surface area (TPSA) is 64.3 Å². The van der Waals surface area contributed by atoms with Crippen LogP contribution in [0.5, 0.6) is 0 Å². The molecule has 118 valence electrons. The van der Waals surface area contributed by atoms with Gasteiger partial charge in [-0.3, -0.25) is 4.79 Å². The van der Waals surface area contributed by atoms with Crippen molar-refractivity contribution in [3.63, 3.8) is 0 Å². The maximum atomic E-state index is 11.5. The fraction of sp³-hybridized carbons (Fsp3) is 0.938. The second-order valence-corrected chi connectivity index (χ2v) is 7.06. The highest BCUT2D eigenvalue weighted by Gasteiger charge is 2.30. The van der Waals surface area contributed by atoms with Crippen LogP contribution in [0, 0.1) is 5.41 Å². The highest BCUT2D eigenvalue weighted by Crippen LogP contribution is 2.36.